The first-order valence-electron chi connectivity index (χ1n) is 6.92. The third-order valence-electron chi connectivity index (χ3n) is 3.25. The molecule has 0 unspecified atom stereocenters. The number of benzene rings is 1. The molecule has 5 nitrogen and oxygen atoms in total. The Balaban J connectivity index is 1.52. The van der Waals surface area contributed by atoms with Crippen molar-refractivity contribution in [1.82, 2.24) is 19.6 Å². The molecule has 0 saturated heterocycles. The van der Waals surface area contributed by atoms with Crippen LogP contribution in [0.2, 0.25) is 0 Å². The molecule has 0 saturated carbocycles. The molecule has 3 aromatic heterocycles. The minimum Gasteiger partial charge on any atom is -0.444 e. The van der Waals surface area contributed by atoms with Crippen LogP contribution in [0.3, 0.4) is 0 Å². The first-order chi connectivity index (χ1) is 11.3. The van der Waals surface area contributed by atoms with Crippen LogP contribution in [0.1, 0.15) is 5.69 Å². The molecule has 0 bridgehead atoms. The van der Waals surface area contributed by atoms with E-state index >= 15 is 0 Å². The summed E-state index contributed by atoms with van der Waals surface area (Å²) in [7, 11) is 0. The van der Waals surface area contributed by atoms with Gasteiger partial charge in [-0.1, -0.05) is 23.9 Å². The van der Waals surface area contributed by atoms with Gasteiger partial charge in [0.2, 0.25) is 5.89 Å². The summed E-state index contributed by atoms with van der Waals surface area (Å²) < 4.78 is 20.6. The van der Waals surface area contributed by atoms with E-state index in [1.165, 1.54) is 23.9 Å². The summed E-state index contributed by atoms with van der Waals surface area (Å²) in [6, 6.07) is 11.9. The van der Waals surface area contributed by atoms with E-state index in [4.69, 9.17) is 4.42 Å². The Morgan fingerprint density at radius 2 is 2.09 bits per heavy atom. The molecule has 114 valence electrons. The summed E-state index contributed by atoms with van der Waals surface area (Å²) in [6.07, 6.45) is 3.50. The van der Waals surface area contributed by atoms with Crippen molar-refractivity contribution >= 4 is 17.4 Å². The molecule has 7 heteroatoms. The summed E-state index contributed by atoms with van der Waals surface area (Å²) >= 11 is 1.51. The van der Waals surface area contributed by atoms with Crippen LogP contribution in [-0.2, 0) is 5.75 Å². The number of thioether (sulfide) groups is 1. The summed E-state index contributed by atoms with van der Waals surface area (Å²) in [5.74, 6) is 0.687. The van der Waals surface area contributed by atoms with Gasteiger partial charge in [-0.15, -0.1) is 10.2 Å². The fourth-order valence-corrected chi connectivity index (χ4v) is 2.99. The van der Waals surface area contributed by atoms with E-state index in [0.717, 1.165) is 16.5 Å². The van der Waals surface area contributed by atoms with Gasteiger partial charge >= 0.3 is 0 Å². The lowest BCUT2D eigenvalue weighted by molar-refractivity contribution is 0.571. The monoisotopic (exact) mass is 326 g/mol. The van der Waals surface area contributed by atoms with Crippen molar-refractivity contribution in [2.75, 3.05) is 0 Å². The average molecular weight is 326 g/mol. The van der Waals surface area contributed by atoms with Gasteiger partial charge in [0.25, 0.3) is 0 Å². The average Bonchev–Trinajstić information content (AvgIpc) is 3.20. The Bertz CT molecular complexity index is 965. The Labute approximate surface area is 135 Å². The predicted molar refractivity (Wildman–Crippen MR) is 84.4 cm³/mol. The zero-order chi connectivity index (χ0) is 15.6. The normalized spacial score (nSPS) is 11.2. The molecule has 0 aliphatic rings. The molecule has 0 radical (unpaired) electrons. The quantitative estimate of drug-likeness (QED) is 0.534. The Kier molecular flexibility index (Phi) is 3.55. The van der Waals surface area contributed by atoms with Crippen molar-refractivity contribution in [3.05, 3.63) is 66.4 Å². The molecule has 0 N–H and O–H groups in total. The van der Waals surface area contributed by atoms with Crippen LogP contribution in [0.15, 0.2) is 64.5 Å². The largest absolute Gasteiger partial charge is 0.444 e. The Hall–Kier alpha value is -2.67. The maximum Gasteiger partial charge on any atom is 0.226 e. The number of hydrogen-bond donors (Lipinski definition) is 0. The molecule has 23 heavy (non-hydrogen) atoms. The second kappa shape index (κ2) is 5.85. The van der Waals surface area contributed by atoms with E-state index in [1.54, 1.807) is 18.4 Å². The number of aromatic nitrogens is 4. The van der Waals surface area contributed by atoms with Gasteiger partial charge in [-0.3, -0.25) is 4.40 Å². The Morgan fingerprint density at radius 3 is 3.00 bits per heavy atom. The molecule has 3 heterocycles. The van der Waals surface area contributed by atoms with E-state index in [9.17, 15) is 4.39 Å². The zero-order valence-corrected chi connectivity index (χ0v) is 12.7. The van der Waals surface area contributed by atoms with Crippen LogP contribution < -0.4 is 0 Å². The lowest BCUT2D eigenvalue weighted by atomic mass is 10.2. The molecule has 0 amide bonds. The van der Waals surface area contributed by atoms with Crippen LogP contribution in [0.4, 0.5) is 4.39 Å². The second-order valence-corrected chi connectivity index (χ2v) is 5.80. The number of fused-ring (bicyclic) bond motifs is 1. The third kappa shape index (κ3) is 2.83. The summed E-state index contributed by atoms with van der Waals surface area (Å²) in [4.78, 5) is 4.39. The van der Waals surface area contributed by atoms with Crippen LogP contribution >= 0.6 is 11.8 Å². The van der Waals surface area contributed by atoms with Crippen molar-refractivity contribution in [2.45, 2.75) is 10.9 Å². The molecule has 4 aromatic rings. The number of oxazole rings is 1. The lowest BCUT2D eigenvalue weighted by Crippen LogP contribution is -1.88. The first-order valence-corrected chi connectivity index (χ1v) is 7.91. The molecule has 4 rings (SSSR count). The van der Waals surface area contributed by atoms with E-state index < -0.39 is 0 Å². The maximum atomic E-state index is 13.3. The van der Waals surface area contributed by atoms with E-state index in [-0.39, 0.29) is 5.82 Å². The highest BCUT2D eigenvalue weighted by atomic mass is 32.2. The van der Waals surface area contributed by atoms with Crippen LogP contribution in [-0.4, -0.2) is 19.6 Å². The van der Waals surface area contributed by atoms with Gasteiger partial charge in [-0.05, 0) is 30.3 Å². The van der Waals surface area contributed by atoms with Gasteiger partial charge in [-0.2, -0.15) is 0 Å². The number of hydrogen-bond acceptors (Lipinski definition) is 5. The van der Waals surface area contributed by atoms with Crippen molar-refractivity contribution in [3.63, 3.8) is 0 Å². The standard InChI is InChI=1S/C16H11FN4OS/c17-12-5-3-4-11(8-12)15-18-13(9-22-15)10-23-16-20-19-14-6-1-2-7-21(14)16/h1-9H,10H2. The van der Waals surface area contributed by atoms with Crippen molar-refractivity contribution in [3.8, 4) is 11.5 Å². The second-order valence-electron chi connectivity index (χ2n) is 4.85. The smallest absolute Gasteiger partial charge is 0.226 e. The van der Waals surface area contributed by atoms with Gasteiger partial charge in [-0.25, -0.2) is 9.37 Å². The molecule has 0 atom stereocenters. The van der Waals surface area contributed by atoms with Gasteiger partial charge < -0.3 is 4.42 Å². The Morgan fingerprint density at radius 1 is 1.13 bits per heavy atom. The molecule has 0 aliphatic carbocycles. The van der Waals surface area contributed by atoms with Crippen LogP contribution in [0.25, 0.3) is 17.1 Å². The van der Waals surface area contributed by atoms with Crippen LogP contribution in [0, 0.1) is 5.82 Å². The van der Waals surface area contributed by atoms with Crippen molar-refractivity contribution in [2.24, 2.45) is 0 Å². The fraction of sp³-hybridized carbons (Fsp3) is 0.0625. The molecular formula is C16H11FN4OS. The summed E-state index contributed by atoms with van der Waals surface area (Å²) in [5.41, 5.74) is 2.19. The van der Waals surface area contributed by atoms with E-state index in [0.29, 0.717) is 17.2 Å². The molecule has 0 aliphatic heterocycles. The number of halogens is 1. The maximum absolute atomic E-state index is 13.3. The highest BCUT2D eigenvalue weighted by molar-refractivity contribution is 7.98. The zero-order valence-electron chi connectivity index (χ0n) is 11.9. The van der Waals surface area contributed by atoms with Crippen molar-refractivity contribution < 1.29 is 8.81 Å². The minimum absolute atomic E-state index is 0.313. The SMILES string of the molecule is Fc1cccc(-c2nc(CSc3nnc4ccccn34)co2)c1. The summed E-state index contributed by atoms with van der Waals surface area (Å²) in [5, 5.41) is 9.04. The number of pyridine rings is 1. The van der Waals surface area contributed by atoms with Crippen LogP contribution in [0.5, 0.6) is 0 Å². The van der Waals surface area contributed by atoms with Crippen molar-refractivity contribution in [1.29, 1.82) is 0 Å². The first kappa shape index (κ1) is 14.0. The molecule has 0 fully saturated rings. The van der Waals surface area contributed by atoms with Gasteiger partial charge in [0.05, 0.1) is 5.69 Å². The molecular weight excluding hydrogens is 315 g/mol. The fourth-order valence-electron chi connectivity index (χ4n) is 2.18. The minimum atomic E-state index is -0.313. The predicted octanol–water partition coefficient (Wildman–Crippen LogP) is 3.82. The van der Waals surface area contributed by atoms with Gasteiger partial charge in [0.1, 0.15) is 12.1 Å². The van der Waals surface area contributed by atoms with Gasteiger partial charge in [0.15, 0.2) is 10.8 Å². The number of rotatable bonds is 4. The lowest BCUT2D eigenvalue weighted by Gasteiger charge is -1.97. The van der Waals surface area contributed by atoms with E-state index in [2.05, 4.69) is 15.2 Å². The molecule has 1 aromatic carbocycles. The van der Waals surface area contributed by atoms with Gasteiger partial charge in [0, 0.05) is 17.5 Å². The van der Waals surface area contributed by atoms with E-state index in [1.807, 2.05) is 28.8 Å². The highest BCUT2D eigenvalue weighted by Crippen LogP contribution is 2.24. The number of nitrogens with zero attached hydrogens (tertiary/aromatic N) is 4. The summed E-state index contributed by atoms with van der Waals surface area (Å²) in [6.45, 7) is 0. The molecule has 0 spiro atoms. The highest BCUT2D eigenvalue weighted by Gasteiger charge is 2.10. The third-order valence-corrected chi connectivity index (χ3v) is 4.23. The topological polar surface area (TPSA) is 56.2 Å².